The molecular weight excluding hydrogens is 366 g/mol. The summed E-state index contributed by atoms with van der Waals surface area (Å²) in [5.41, 5.74) is 0. The van der Waals surface area contributed by atoms with Crippen molar-refractivity contribution in [2.45, 2.75) is 57.1 Å². The van der Waals surface area contributed by atoms with Crippen LogP contribution in [0.25, 0.3) is 0 Å². The van der Waals surface area contributed by atoms with Crippen molar-refractivity contribution in [3.05, 3.63) is 0 Å². The third kappa shape index (κ3) is 7.56. The van der Waals surface area contributed by atoms with Crippen molar-refractivity contribution in [1.82, 2.24) is 0 Å². The number of carboxylic acid groups (broad SMARTS) is 2. The smallest absolute Gasteiger partial charge is 0.550 e. The fourth-order valence-corrected chi connectivity index (χ4v) is 3.57. The number of carboxylic acids is 2. The number of unbranched alkanes of at least 4 members (excludes halogenated alkanes) is 3. The van der Waals surface area contributed by atoms with Gasteiger partial charge in [0.15, 0.2) is 0 Å². The van der Waals surface area contributed by atoms with E-state index in [0.29, 0.717) is 6.42 Å². The normalized spacial score (nSPS) is 14.9. The van der Waals surface area contributed by atoms with Crippen LogP contribution in [0.1, 0.15) is 52.4 Å². The topological polar surface area (TPSA) is 135 Å². The second kappa shape index (κ2) is 13.3. The van der Waals surface area contributed by atoms with E-state index in [1.807, 2.05) is 6.92 Å². The van der Waals surface area contributed by atoms with Crippen LogP contribution < -0.4 is 113 Å². The molecule has 0 rings (SSSR count). The Morgan fingerprint density at radius 1 is 1.09 bits per heavy atom. The maximum Gasteiger partial charge on any atom is 1.00 e. The van der Waals surface area contributed by atoms with Gasteiger partial charge in [-0.1, -0.05) is 39.5 Å². The summed E-state index contributed by atoms with van der Waals surface area (Å²) in [6.07, 6.45) is 1.46. The summed E-state index contributed by atoms with van der Waals surface area (Å²) >= 11 is 0. The van der Waals surface area contributed by atoms with Crippen LogP contribution in [-0.4, -0.2) is 29.7 Å². The minimum atomic E-state index is -5.15. The van der Waals surface area contributed by atoms with Gasteiger partial charge in [-0.2, -0.15) is 8.42 Å². The molecule has 0 aromatic rings. The minimum Gasteiger partial charge on any atom is -0.550 e. The zero-order chi connectivity index (χ0) is 16.0. The Morgan fingerprint density at radius 2 is 1.59 bits per heavy atom. The van der Waals surface area contributed by atoms with Crippen LogP contribution in [0.15, 0.2) is 0 Å². The monoisotopic (exact) mass is 386 g/mol. The Kier molecular flexibility index (Phi) is 17.5. The molecule has 0 heterocycles. The van der Waals surface area contributed by atoms with Crippen molar-refractivity contribution in [3.63, 3.8) is 0 Å². The summed E-state index contributed by atoms with van der Waals surface area (Å²) in [5.74, 6) is -5.79. The summed E-state index contributed by atoms with van der Waals surface area (Å²) in [5, 5.41) is 22.3. The molecule has 0 saturated heterocycles. The molecule has 0 saturated carbocycles. The van der Waals surface area contributed by atoms with Crippen LogP contribution in [0.2, 0.25) is 0 Å². The molecule has 0 aliphatic heterocycles. The van der Waals surface area contributed by atoms with Gasteiger partial charge in [-0.25, -0.2) is 0 Å². The molecule has 0 aromatic carbocycles. The molecule has 0 bridgehead atoms. The second-order valence-corrected chi connectivity index (χ2v) is 6.42. The van der Waals surface area contributed by atoms with Crippen LogP contribution in [0.4, 0.5) is 0 Å². The Labute approximate surface area is 216 Å². The van der Waals surface area contributed by atoms with Crippen LogP contribution in [0.5, 0.6) is 0 Å². The summed E-state index contributed by atoms with van der Waals surface area (Å²) in [6, 6.07) is 0. The molecule has 0 radical (unpaired) electrons. The van der Waals surface area contributed by atoms with Gasteiger partial charge in [0.2, 0.25) is 0 Å². The Bertz CT molecular complexity index is 452. The fourth-order valence-electron chi connectivity index (χ4n) is 2.33. The first kappa shape index (κ1) is 28.9. The number of carbonyl (C=O) groups is 2. The molecule has 2 atom stereocenters. The average molecular weight is 387 g/mol. The minimum absolute atomic E-state index is 0. The Balaban J connectivity index is -0.00000180. The van der Waals surface area contributed by atoms with Crippen molar-refractivity contribution in [2.75, 3.05) is 0 Å². The largest absolute Gasteiger partial charge is 1.00 e. The van der Waals surface area contributed by atoms with Gasteiger partial charge in [-0.05, 0) is 12.8 Å². The molecule has 0 spiro atoms. The summed E-state index contributed by atoms with van der Waals surface area (Å²) < 4.78 is 29.4. The molecule has 0 aliphatic carbocycles. The van der Waals surface area contributed by atoms with Crippen molar-refractivity contribution in [1.29, 1.82) is 0 Å². The van der Waals surface area contributed by atoms with Gasteiger partial charge in [0, 0.05) is 11.9 Å². The fraction of sp³-hybridized carbons (Fsp3) is 0.833. The van der Waals surface area contributed by atoms with E-state index in [4.69, 9.17) is 0 Å². The molecule has 0 aliphatic rings. The molecule has 0 amide bonds. The third-order valence-electron chi connectivity index (χ3n) is 3.46. The van der Waals surface area contributed by atoms with Crippen LogP contribution in [0.3, 0.4) is 0 Å². The molecule has 22 heavy (non-hydrogen) atoms. The zero-order valence-corrected chi connectivity index (χ0v) is 20.7. The molecule has 10 heteroatoms. The van der Waals surface area contributed by atoms with E-state index in [1.54, 1.807) is 0 Å². The predicted octanol–water partition coefficient (Wildman–Crippen LogP) is -6.88. The van der Waals surface area contributed by atoms with E-state index in [9.17, 15) is 32.8 Å². The summed E-state index contributed by atoms with van der Waals surface area (Å²) in [7, 11) is -5.15. The summed E-state index contributed by atoms with van der Waals surface area (Å²) in [4.78, 5) is 22.3. The second-order valence-electron chi connectivity index (χ2n) is 4.74. The molecule has 2 unspecified atom stereocenters. The van der Waals surface area contributed by atoms with Gasteiger partial charge >= 0.3 is 103 Å². The van der Waals surface area contributed by atoms with Gasteiger partial charge in [-0.15, -0.1) is 0 Å². The van der Waals surface area contributed by atoms with E-state index in [-0.39, 0.29) is 116 Å². The molecular formula is C12H20K2O7S. The summed E-state index contributed by atoms with van der Waals surface area (Å²) in [6.45, 7) is 3.22. The number of carbonyl (C=O) groups excluding carboxylic acids is 2. The average Bonchev–Trinajstić information content (AvgIpc) is 2.30. The van der Waals surface area contributed by atoms with E-state index >= 15 is 0 Å². The Hall–Kier alpha value is 2.12. The maximum absolute atomic E-state index is 11.5. The third-order valence-corrected chi connectivity index (χ3v) is 5.04. The first-order valence-corrected chi connectivity index (χ1v) is 7.98. The van der Waals surface area contributed by atoms with Crippen molar-refractivity contribution < 1.29 is 136 Å². The van der Waals surface area contributed by atoms with Gasteiger partial charge in [0.05, 0.1) is 5.97 Å². The number of aliphatic carboxylic acids is 2. The van der Waals surface area contributed by atoms with Gasteiger partial charge in [0.25, 0.3) is 10.1 Å². The predicted molar refractivity (Wildman–Crippen MR) is 66.8 cm³/mol. The van der Waals surface area contributed by atoms with Crippen molar-refractivity contribution in [2.24, 2.45) is 5.92 Å². The first-order chi connectivity index (χ1) is 9.15. The van der Waals surface area contributed by atoms with E-state index in [1.165, 1.54) is 6.92 Å². The van der Waals surface area contributed by atoms with Crippen LogP contribution in [0, 0.1) is 5.92 Å². The van der Waals surface area contributed by atoms with Gasteiger partial charge in [0.1, 0.15) is 4.75 Å². The molecule has 0 fully saturated rings. The van der Waals surface area contributed by atoms with Crippen LogP contribution in [-0.2, 0) is 19.7 Å². The van der Waals surface area contributed by atoms with Gasteiger partial charge < -0.3 is 19.8 Å². The van der Waals surface area contributed by atoms with Crippen molar-refractivity contribution in [3.8, 4) is 0 Å². The quantitative estimate of drug-likeness (QED) is 0.224. The van der Waals surface area contributed by atoms with E-state index in [0.717, 1.165) is 12.8 Å². The zero-order valence-electron chi connectivity index (χ0n) is 13.6. The van der Waals surface area contributed by atoms with E-state index < -0.39 is 39.1 Å². The first-order valence-electron chi connectivity index (χ1n) is 6.54. The SMILES string of the molecule is CCCCCCC(C(=O)[O-])(C(CC)C(=O)[O-])S(=O)(=O)O.[K+].[K+]. The molecule has 1 N–H and O–H groups in total. The maximum atomic E-state index is 11.5. The standard InChI is InChI=1S/C12H22O7S.2K/c1-3-5-6-7-8-12(11(15)16,20(17,18)19)9(4-2)10(13)14;;/h9H,3-8H2,1-2H3,(H,13,14)(H,15,16)(H,17,18,19);;/q;2*+1/p-2. The molecule has 118 valence electrons. The molecule has 0 aromatic heterocycles. The number of hydrogen-bond donors (Lipinski definition) is 1. The van der Waals surface area contributed by atoms with Crippen LogP contribution >= 0.6 is 0 Å². The molecule has 7 nitrogen and oxygen atoms in total. The number of hydrogen-bond acceptors (Lipinski definition) is 6. The van der Waals surface area contributed by atoms with Gasteiger partial charge in [-0.3, -0.25) is 4.55 Å². The van der Waals surface area contributed by atoms with E-state index in [2.05, 4.69) is 0 Å². The van der Waals surface area contributed by atoms with Crippen molar-refractivity contribution >= 4 is 22.1 Å². The Morgan fingerprint density at radius 3 is 1.86 bits per heavy atom. The number of rotatable bonds is 10.